The molecule has 1 saturated heterocycles. The van der Waals surface area contributed by atoms with Gasteiger partial charge >= 0.3 is 0 Å². The molecule has 0 unspecified atom stereocenters. The van der Waals surface area contributed by atoms with Crippen LogP contribution in [0.3, 0.4) is 0 Å². The summed E-state index contributed by atoms with van der Waals surface area (Å²) in [4.78, 5) is 18.4. The lowest BCUT2D eigenvalue weighted by Crippen LogP contribution is -2.51. The Hall–Kier alpha value is -1.82. The number of ether oxygens (including phenoxy) is 2. The summed E-state index contributed by atoms with van der Waals surface area (Å²) >= 11 is 0. The Bertz CT molecular complexity index is 442. The first-order valence-electron chi connectivity index (χ1n) is 6.26. The normalized spacial score (nSPS) is 19.1. The number of pyridine rings is 1. The first-order chi connectivity index (χ1) is 9.13. The van der Waals surface area contributed by atoms with Crippen LogP contribution in [-0.4, -0.2) is 55.7 Å². The van der Waals surface area contributed by atoms with Gasteiger partial charge in [-0.3, -0.25) is 4.79 Å². The van der Waals surface area contributed by atoms with E-state index >= 15 is 0 Å². The standard InChI is InChI=1S/C13H19N3O3/c1-9-8-16(5-4-14-9)13(17)10-6-11(18-2)15-12(7-10)19-3/h6-7,9,14H,4-5,8H2,1-3H3/t9-/m1/s1. The van der Waals surface area contributed by atoms with Gasteiger partial charge in [-0.25, -0.2) is 0 Å². The molecule has 1 aliphatic rings. The number of hydrogen-bond donors (Lipinski definition) is 1. The molecule has 2 rings (SSSR count). The van der Waals surface area contributed by atoms with Gasteiger partial charge in [-0.05, 0) is 6.92 Å². The fourth-order valence-corrected chi connectivity index (χ4v) is 2.11. The zero-order chi connectivity index (χ0) is 13.8. The van der Waals surface area contributed by atoms with Crippen molar-refractivity contribution in [3.05, 3.63) is 17.7 Å². The molecule has 6 heteroatoms. The van der Waals surface area contributed by atoms with E-state index in [1.165, 1.54) is 14.2 Å². The molecule has 1 amide bonds. The van der Waals surface area contributed by atoms with Crippen LogP contribution in [0.1, 0.15) is 17.3 Å². The maximum atomic E-state index is 12.4. The lowest BCUT2D eigenvalue weighted by molar-refractivity contribution is 0.0708. The van der Waals surface area contributed by atoms with Gasteiger partial charge in [0.25, 0.3) is 5.91 Å². The van der Waals surface area contributed by atoms with Crippen molar-refractivity contribution in [2.24, 2.45) is 0 Å². The van der Waals surface area contributed by atoms with Crippen LogP contribution in [0, 0.1) is 0 Å². The monoisotopic (exact) mass is 265 g/mol. The predicted molar refractivity (Wildman–Crippen MR) is 70.7 cm³/mol. The van der Waals surface area contributed by atoms with Gasteiger partial charge in [-0.1, -0.05) is 0 Å². The van der Waals surface area contributed by atoms with Crippen molar-refractivity contribution in [3.63, 3.8) is 0 Å². The Balaban J connectivity index is 2.22. The second-order valence-electron chi connectivity index (χ2n) is 4.55. The average molecular weight is 265 g/mol. The third-order valence-electron chi connectivity index (χ3n) is 3.10. The molecule has 2 heterocycles. The van der Waals surface area contributed by atoms with Crippen LogP contribution < -0.4 is 14.8 Å². The minimum absolute atomic E-state index is 0.0210. The number of hydrogen-bond acceptors (Lipinski definition) is 5. The largest absolute Gasteiger partial charge is 0.481 e. The molecule has 0 spiro atoms. The van der Waals surface area contributed by atoms with Gasteiger partial charge in [-0.2, -0.15) is 4.98 Å². The molecule has 1 aliphatic heterocycles. The van der Waals surface area contributed by atoms with Crippen LogP contribution in [-0.2, 0) is 0 Å². The minimum Gasteiger partial charge on any atom is -0.481 e. The van der Waals surface area contributed by atoms with E-state index in [2.05, 4.69) is 17.2 Å². The molecule has 1 aromatic rings. The number of piperazine rings is 1. The van der Waals surface area contributed by atoms with E-state index in [9.17, 15) is 4.79 Å². The number of nitrogens with one attached hydrogen (secondary N) is 1. The zero-order valence-electron chi connectivity index (χ0n) is 11.5. The molecule has 0 bridgehead atoms. The number of nitrogens with zero attached hydrogens (tertiary/aromatic N) is 2. The lowest BCUT2D eigenvalue weighted by Gasteiger charge is -2.32. The molecule has 1 N–H and O–H groups in total. The topological polar surface area (TPSA) is 63.7 Å². The molecule has 0 aromatic carbocycles. The summed E-state index contributed by atoms with van der Waals surface area (Å²) in [7, 11) is 3.03. The molecular formula is C13H19N3O3. The number of aromatic nitrogens is 1. The van der Waals surface area contributed by atoms with Crippen molar-refractivity contribution < 1.29 is 14.3 Å². The Morgan fingerprint density at radius 3 is 2.53 bits per heavy atom. The van der Waals surface area contributed by atoms with E-state index in [1.54, 1.807) is 12.1 Å². The molecule has 19 heavy (non-hydrogen) atoms. The van der Waals surface area contributed by atoms with Crippen molar-refractivity contribution in [2.75, 3.05) is 33.9 Å². The number of methoxy groups -OCH3 is 2. The summed E-state index contributed by atoms with van der Waals surface area (Å²) in [5.41, 5.74) is 0.540. The predicted octanol–water partition coefficient (Wildman–Crippen LogP) is 0.533. The highest BCUT2D eigenvalue weighted by Gasteiger charge is 2.22. The fourth-order valence-electron chi connectivity index (χ4n) is 2.11. The molecule has 1 fully saturated rings. The molecule has 1 aromatic heterocycles. The van der Waals surface area contributed by atoms with Crippen LogP contribution in [0.5, 0.6) is 11.8 Å². The summed E-state index contributed by atoms with van der Waals surface area (Å²) in [5.74, 6) is 0.740. The van der Waals surface area contributed by atoms with Crippen LogP contribution in [0.15, 0.2) is 12.1 Å². The third-order valence-corrected chi connectivity index (χ3v) is 3.10. The second kappa shape index (κ2) is 5.88. The maximum absolute atomic E-state index is 12.4. The van der Waals surface area contributed by atoms with Crippen molar-refractivity contribution in [2.45, 2.75) is 13.0 Å². The van der Waals surface area contributed by atoms with E-state index in [4.69, 9.17) is 9.47 Å². The second-order valence-corrected chi connectivity index (χ2v) is 4.55. The van der Waals surface area contributed by atoms with E-state index in [1.807, 2.05) is 4.90 Å². The number of carbonyl (C=O) groups is 1. The van der Waals surface area contributed by atoms with Crippen molar-refractivity contribution in [3.8, 4) is 11.8 Å². The maximum Gasteiger partial charge on any atom is 0.254 e. The quantitative estimate of drug-likeness (QED) is 0.864. The zero-order valence-corrected chi connectivity index (χ0v) is 11.5. The first-order valence-corrected chi connectivity index (χ1v) is 6.26. The van der Waals surface area contributed by atoms with Crippen LogP contribution in [0.4, 0.5) is 0 Å². The summed E-state index contributed by atoms with van der Waals surface area (Å²) in [6.45, 7) is 4.28. The number of rotatable bonds is 3. The molecule has 1 atom stereocenters. The molecule has 0 saturated carbocycles. The summed E-state index contributed by atoms with van der Waals surface area (Å²) < 4.78 is 10.2. The molecule has 0 radical (unpaired) electrons. The van der Waals surface area contributed by atoms with Crippen LogP contribution in [0.2, 0.25) is 0 Å². The van der Waals surface area contributed by atoms with Crippen molar-refractivity contribution in [1.82, 2.24) is 15.2 Å². The highest BCUT2D eigenvalue weighted by atomic mass is 16.5. The molecule has 0 aliphatic carbocycles. The first kappa shape index (κ1) is 13.6. The molecule has 6 nitrogen and oxygen atoms in total. The van der Waals surface area contributed by atoms with Gasteiger partial charge in [-0.15, -0.1) is 0 Å². The van der Waals surface area contributed by atoms with E-state index < -0.39 is 0 Å². The van der Waals surface area contributed by atoms with Gasteiger partial charge in [0.15, 0.2) is 0 Å². The van der Waals surface area contributed by atoms with E-state index in [0.717, 1.165) is 6.54 Å². The van der Waals surface area contributed by atoms with Crippen LogP contribution in [0.25, 0.3) is 0 Å². The minimum atomic E-state index is -0.0210. The average Bonchev–Trinajstić information content (AvgIpc) is 2.45. The van der Waals surface area contributed by atoms with Gasteiger partial charge in [0.2, 0.25) is 11.8 Å². The van der Waals surface area contributed by atoms with Crippen LogP contribution >= 0.6 is 0 Å². The van der Waals surface area contributed by atoms with Gasteiger partial charge in [0.1, 0.15) is 0 Å². The summed E-state index contributed by atoms with van der Waals surface area (Å²) in [6.07, 6.45) is 0. The third kappa shape index (κ3) is 3.14. The summed E-state index contributed by atoms with van der Waals surface area (Å²) in [6, 6.07) is 3.58. The lowest BCUT2D eigenvalue weighted by atomic mass is 10.2. The Kier molecular flexibility index (Phi) is 4.21. The van der Waals surface area contributed by atoms with E-state index in [-0.39, 0.29) is 5.91 Å². The molecular weight excluding hydrogens is 246 g/mol. The number of carbonyl (C=O) groups excluding carboxylic acids is 1. The Morgan fingerprint density at radius 2 is 2.00 bits per heavy atom. The number of amides is 1. The van der Waals surface area contributed by atoms with Gasteiger partial charge in [0.05, 0.1) is 19.8 Å². The Morgan fingerprint density at radius 1 is 1.37 bits per heavy atom. The van der Waals surface area contributed by atoms with Crippen molar-refractivity contribution in [1.29, 1.82) is 0 Å². The van der Waals surface area contributed by atoms with Crippen molar-refractivity contribution >= 4 is 5.91 Å². The van der Waals surface area contributed by atoms with Gasteiger partial charge in [0, 0.05) is 37.8 Å². The summed E-state index contributed by atoms with van der Waals surface area (Å²) in [5, 5.41) is 3.31. The Labute approximate surface area is 112 Å². The smallest absolute Gasteiger partial charge is 0.254 e. The van der Waals surface area contributed by atoms with E-state index in [0.29, 0.717) is 36.5 Å². The molecule has 104 valence electrons. The SMILES string of the molecule is COc1cc(C(=O)N2CCN[C@H](C)C2)cc(OC)n1. The van der Waals surface area contributed by atoms with Gasteiger partial charge < -0.3 is 19.7 Å². The highest BCUT2D eigenvalue weighted by Crippen LogP contribution is 2.19. The highest BCUT2D eigenvalue weighted by molar-refractivity contribution is 5.94. The fraction of sp³-hybridized carbons (Fsp3) is 0.538.